The number of likely N-dealkylation sites (tertiary alicyclic amines) is 1. The molecule has 23 heavy (non-hydrogen) atoms. The minimum atomic E-state index is 0.0381. The number of rotatable bonds is 2. The van der Waals surface area contributed by atoms with E-state index in [0.29, 0.717) is 11.3 Å². The molecule has 2 aliphatic heterocycles. The highest BCUT2D eigenvalue weighted by atomic mass is 16.3. The Bertz CT molecular complexity index is 718. The van der Waals surface area contributed by atoms with Gasteiger partial charge >= 0.3 is 0 Å². The van der Waals surface area contributed by atoms with Crippen LogP contribution in [0, 0.1) is 6.92 Å². The van der Waals surface area contributed by atoms with E-state index in [-0.39, 0.29) is 11.9 Å². The molecule has 0 bridgehead atoms. The van der Waals surface area contributed by atoms with E-state index >= 15 is 0 Å². The van der Waals surface area contributed by atoms with Crippen molar-refractivity contribution in [1.82, 2.24) is 19.7 Å². The van der Waals surface area contributed by atoms with Crippen LogP contribution < -0.4 is 0 Å². The van der Waals surface area contributed by atoms with E-state index in [1.807, 2.05) is 11.8 Å². The lowest BCUT2D eigenvalue weighted by atomic mass is 10.1. The van der Waals surface area contributed by atoms with Gasteiger partial charge in [0.25, 0.3) is 5.91 Å². The first kappa shape index (κ1) is 14.5. The number of fused-ring (bicyclic) bond motifs is 1. The van der Waals surface area contributed by atoms with Crippen LogP contribution in [-0.4, -0.2) is 32.1 Å². The molecule has 0 radical (unpaired) electrons. The van der Waals surface area contributed by atoms with Crippen LogP contribution in [0.2, 0.25) is 0 Å². The molecule has 122 valence electrons. The maximum Gasteiger partial charge on any atom is 0.258 e. The van der Waals surface area contributed by atoms with Gasteiger partial charge in [-0.2, -0.15) is 0 Å². The van der Waals surface area contributed by atoms with Gasteiger partial charge in [-0.25, -0.2) is 0 Å². The molecule has 0 saturated carbocycles. The van der Waals surface area contributed by atoms with E-state index in [4.69, 9.17) is 4.42 Å². The monoisotopic (exact) mass is 314 g/mol. The molecule has 1 saturated heterocycles. The van der Waals surface area contributed by atoms with E-state index in [1.165, 1.54) is 19.3 Å². The first-order valence-electron chi connectivity index (χ1n) is 8.53. The zero-order valence-electron chi connectivity index (χ0n) is 13.5. The highest BCUT2D eigenvalue weighted by Crippen LogP contribution is 2.33. The first-order chi connectivity index (χ1) is 11.3. The second-order valence-corrected chi connectivity index (χ2v) is 6.48. The zero-order chi connectivity index (χ0) is 15.8. The fourth-order valence-corrected chi connectivity index (χ4v) is 3.79. The lowest BCUT2D eigenvalue weighted by Gasteiger charge is -2.24. The number of furan rings is 1. The Morgan fingerprint density at radius 3 is 2.96 bits per heavy atom. The molecule has 2 aromatic heterocycles. The number of aryl methyl sites for hydroxylation is 2. The van der Waals surface area contributed by atoms with Gasteiger partial charge in [-0.05, 0) is 38.7 Å². The van der Waals surface area contributed by atoms with Crippen molar-refractivity contribution in [3.8, 4) is 0 Å². The summed E-state index contributed by atoms with van der Waals surface area (Å²) in [5.74, 6) is 2.77. The maximum absolute atomic E-state index is 12.9. The van der Waals surface area contributed by atoms with E-state index in [1.54, 1.807) is 12.3 Å². The quantitative estimate of drug-likeness (QED) is 0.855. The van der Waals surface area contributed by atoms with Gasteiger partial charge in [-0.15, -0.1) is 10.2 Å². The number of nitrogens with zero attached hydrogens (tertiary/aromatic N) is 4. The molecule has 2 aliphatic rings. The van der Waals surface area contributed by atoms with E-state index in [9.17, 15) is 4.79 Å². The third-order valence-corrected chi connectivity index (χ3v) is 5.04. The van der Waals surface area contributed by atoms with Crippen LogP contribution in [0.15, 0.2) is 16.7 Å². The first-order valence-corrected chi connectivity index (χ1v) is 8.53. The zero-order valence-corrected chi connectivity index (χ0v) is 13.5. The van der Waals surface area contributed by atoms with Gasteiger partial charge in [0.1, 0.15) is 11.6 Å². The Morgan fingerprint density at radius 2 is 2.13 bits per heavy atom. The molecule has 4 rings (SSSR count). The highest BCUT2D eigenvalue weighted by molar-refractivity contribution is 5.95. The number of carbonyl (C=O) groups is 1. The fourth-order valence-electron chi connectivity index (χ4n) is 3.79. The topological polar surface area (TPSA) is 64.2 Å². The molecule has 1 amide bonds. The van der Waals surface area contributed by atoms with E-state index < -0.39 is 0 Å². The molecule has 0 aromatic carbocycles. The van der Waals surface area contributed by atoms with Crippen molar-refractivity contribution < 1.29 is 9.21 Å². The molecule has 1 atom stereocenters. The molecule has 0 spiro atoms. The van der Waals surface area contributed by atoms with Crippen LogP contribution in [-0.2, 0) is 13.0 Å². The Morgan fingerprint density at radius 1 is 1.22 bits per heavy atom. The number of hydrogen-bond donors (Lipinski definition) is 0. The van der Waals surface area contributed by atoms with Gasteiger partial charge < -0.3 is 13.9 Å². The summed E-state index contributed by atoms with van der Waals surface area (Å²) in [6, 6.07) is 1.80. The van der Waals surface area contributed by atoms with Crippen LogP contribution in [0.1, 0.15) is 65.9 Å². The summed E-state index contributed by atoms with van der Waals surface area (Å²) in [6.07, 6.45) is 8.13. The molecular weight excluding hydrogens is 292 g/mol. The normalized spacial score (nSPS) is 21.3. The largest absolute Gasteiger partial charge is 0.469 e. The van der Waals surface area contributed by atoms with Crippen molar-refractivity contribution in [1.29, 1.82) is 0 Å². The second-order valence-electron chi connectivity index (χ2n) is 6.48. The van der Waals surface area contributed by atoms with Gasteiger partial charge in [0, 0.05) is 19.5 Å². The van der Waals surface area contributed by atoms with E-state index in [2.05, 4.69) is 14.8 Å². The van der Waals surface area contributed by atoms with Crippen LogP contribution >= 0.6 is 0 Å². The third kappa shape index (κ3) is 2.46. The van der Waals surface area contributed by atoms with Crippen LogP contribution in [0.3, 0.4) is 0 Å². The molecule has 0 aliphatic carbocycles. The Kier molecular flexibility index (Phi) is 3.67. The summed E-state index contributed by atoms with van der Waals surface area (Å²) < 4.78 is 7.55. The van der Waals surface area contributed by atoms with Gasteiger partial charge in [0.15, 0.2) is 5.82 Å². The Hall–Kier alpha value is -2.11. The molecule has 0 unspecified atom stereocenters. The number of amides is 1. The summed E-state index contributed by atoms with van der Waals surface area (Å²) in [5, 5.41) is 8.85. The molecule has 6 heteroatoms. The minimum Gasteiger partial charge on any atom is -0.469 e. The summed E-state index contributed by atoms with van der Waals surface area (Å²) in [5.41, 5.74) is 0.660. The predicted molar refractivity (Wildman–Crippen MR) is 84.0 cm³/mol. The average molecular weight is 314 g/mol. The van der Waals surface area contributed by atoms with Crippen molar-refractivity contribution in [3.63, 3.8) is 0 Å². The molecule has 4 heterocycles. The van der Waals surface area contributed by atoms with Gasteiger partial charge in [0.2, 0.25) is 0 Å². The maximum atomic E-state index is 12.9. The molecule has 2 aromatic rings. The standard InChI is InChI=1S/C17H22N4O2/c1-12-13(8-11-23-12)17(22)20-10-5-6-14(20)16-19-18-15-7-3-2-4-9-21(15)16/h8,11,14H,2-7,9-10H2,1H3/t14-/m1/s1. The van der Waals surface area contributed by atoms with Gasteiger partial charge in [0.05, 0.1) is 17.9 Å². The van der Waals surface area contributed by atoms with Crippen molar-refractivity contribution in [3.05, 3.63) is 35.3 Å². The lowest BCUT2D eigenvalue weighted by Crippen LogP contribution is -2.32. The Labute approximate surface area is 135 Å². The molecular formula is C17H22N4O2. The van der Waals surface area contributed by atoms with Crippen molar-refractivity contribution in [2.75, 3.05) is 6.54 Å². The van der Waals surface area contributed by atoms with E-state index in [0.717, 1.165) is 44.0 Å². The van der Waals surface area contributed by atoms with Gasteiger partial charge in [-0.3, -0.25) is 4.79 Å². The predicted octanol–water partition coefficient (Wildman–Crippen LogP) is 2.88. The van der Waals surface area contributed by atoms with Crippen molar-refractivity contribution in [2.45, 2.75) is 58.0 Å². The number of carbonyl (C=O) groups excluding carboxylic acids is 1. The summed E-state index contributed by atoms with van der Waals surface area (Å²) in [4.78, 5) is 14.8. The molecule has 1 fully saturated rings. The summed E-state index contributed by atoms with van der Waals surface area (Å²) in [6.45, 7) is 3.58. The van der Waals surface area contributed by atoms with Gasteiger partial charge in [-0.1, -0.05) is 6.42 Å². The second kappa shape index (κ2) is 5.83. The minimum absolute atomic E-state index is 0.0381. The van der Waals surface area contributed by atoms with Crippen molar-refractivity contribution in [2.24, 2.45) is 0 Å². The third-order valence-electron chi connectivity index (χ3n) is 5.04. The van der Waals surface area contributed by atoms with Crippen LogP contribution in [0.25, 0.3) is 0 Å². The SMILES string of the molecule is Cc1occc1C(=O)N1CCC[C@@H]1c1nnc2n1CCCCC2. The fraction of sp³-hybridized carbons (Fsp3) is 0.588. The molecule has 0 N–H and O–H groups in total. The number of aromatic nitrogens is 3. The number of hydrogen-bond acceptors (Lipinski definition) is 4. The highest BCUT2D eigenvalue weighted by Gasteiger charge is 2.35. The lowest BCUT2D eigenvalue weighted by molar-refractivity contribution is 0.0725. The van der Waals surface area contributed by atoms with Crippen LogP contribution in [0.4, 0.5) is 0 Å². The molecule has 6 nitrogen and oxygen atoms in total. The summed E-state index contributed by atoms with van der Waals surface area (Å²) in [7, 11) is 0. The Balaban J connectivity index is 1.65. The summed E-state index contributed by atoms with van der Waals surface area (Å²) >= 11 is 0. The smallest absolute Gasteiger partial charge is 0.258 e. The average Bonchev–Trinajstić information content (AvgIpc) is 3.23. The van der Waals surface area contributed by atoms with Crippen LogP contribution in [0.5, 0.6) is 0 Å². The van der Waals surface area contributed by atoms with Crippen molar-refractivity contribution >= 4 is 5.91 Å².